The molecule has 1 saturated carbocycles. The molecule has 6 heteroatoms. The zero-order chi connectivity index (χ0) is 26.2. The number of aryl methyl sites for hydroxylation is 1. The van der Waals surface area contributed by atoms with Crippen LogP contribution >= 0.6 is 0 Å². The molecule has 1 fully saturated rings. The molecule has 0 spiro atoms. The lowest BCUT2D eigenvalue weighted by atomic mass is 9.69. The van der Waals surface area contributed by atoms with Gasteiger partial charge in [-0.15, -0.1) is 0 Å². The fraction of sp³-hybridized carbons (Fsp3) is 0.387. The van der Waals surface area contributed by atoms with E-state index >= 15 is 0 Å². The van der Waals surface area contributed by atoms with Crippen molar-refractivity contribution in [2.24, 2.45) is 5.16 Å². The topological polar surface area (TPSA) is 75.0 Å². The minimum absolute atomic E-state index is 0.486. The summed E-state index contributed by atoms with van der Waals surface area (Å²) in [6.45, 7) is 5.92. The van der Waals surface area contributed by atoms with Gasteiger partial charge in [-0.25, -0.2) is 4.79 Å². The van der Waals surface area contributed by atoms with Crippen molar-refractivity contribution in [3.63, 3.8) is 0 Å². The van der Waals surface area contributed by atoms with Gasteiger partial charge >= 0.3 is 6.09 Å². The number of rotatable bonds is 5. The number of fused-ring (bicyclic) bond motifs is 1. The Balaban J connectivity index is 1.61. The quantitative estimate of drug-likeness (QED) is 0.376. The van der Waals surface area contributed by atoms with Gasteiger partial charge in [0.25, 0.3) is 0 Å². The largest absolute Gasteiger partial charge is 0.465 e. The second-order valence-electron chi connectivity index (χ2n) is 11.1. The van der Waals surface area contributed by atoms with Crippen molar-refractivity contribution in [2.75, 3.05) is 7.11 Å². The van der Waals surface area contributed by atoms with Crippen LogP contribution in [0.1, 0.15) is 69.7 Å². The number of carboxylic acid groups (broad SMARTS) is 1. The normalized spacial score (nSPS) is 17.6. The Kier molecular flexibility index (Phi) is 6.52. The molecule has 37 heavy (non-hydrogen) atoms. The third-order valence-electron chi connectivity index (χ3n) is 7.69. The first-order valence-electron chi connectivity index (χ1n) is 13.1. The van der Waals surface area contributed by atoms with E-state index in [1.807, 2.05) is 39.0 Å². The predicted molar refractivity (Wildman–Crippen MR) is 147 cm³/mol. The van der Waals surface area contributed by atoms with E-state index in [9.17, 15) is 9.90 Å². The molecule has 1 heterocycles. The standard InChI is InChI=1S/C31H35N3O3/c1-30(2,3)34(29(35)36)31(18-9-19-31)23-16-14-22(15-17-23)28-24(21-10-6-5-7-11-21)20-25-26(32-28)12-8-13-27(25)33-37-4/h5-7,10-11,14-17,20H,8-9,12-13,18-19H2,1-4H3,(H,35,36). The van der Waals surface area contributed by atoms with Crippen molar-refractivity contribution in [3.05, 3.63) is 77.5 Å². The molecule has 0 aliphatic heterocycles. The monoisotopic (exact) mass is 497 g/mol. The third-order valence-corrected chi connectivity index (χ3v) is 7.69. The second-order valence-corrected chi connectivity index (χ2v) is 11.1. The van der Waals surface area contributed by atoms with E-state index in [-0.39, 0.29) is 0 Å². The highest BCUT2D eigenvalue weighted by atomic mass is 16.6. The molecule has 192 valence electrons. The molecule has 2 aromatic carbocycles. The lowest BCUT2D eigenvalue weighted by Gasteiger charge is -2.54. The maximum absolute atomic E-state index is 12.4. The lowest BCUT2D eigenvalue weighted by Crippen LogP contribution is -2.60. The van der Waals surface area contributed by atoms with Crippen molar-refractivity contribution >= 4 is 11.8 Å². The summed E-state index contributed by atoms with van der Waals surface area (Å²) in [5.41, 5.74) is 7.22. The molecule has 5 rings (SSSR count). The first-order valence-corrected chi connectivity index (χ1v) is 13.1. The van der Waals surface area contributed by atoms with Gasteiger partial charge in [0.2, 0.25) is 0 Å². The van der Waals surface area contributed by atoms with Crippen LogP contribution in [0.2, 0.25) is 0 Å². The number of amides is 1. The number of aromatic nitrogens is 1. The molecule has 6 nitrogen and oxygen atoms in total. The minimum atomic E-state index is -0.868. The summed E-state index contributed by atoms with van der Waals surface area (Å²) in [6, 6.07) is 20.9. The van der Waals surface area contributed by atoms with Crippen LogP contribution in [0.25, 0.3) is 22.4 Å². The Morgan fingerprint density at radius 1 is 0.973 bits per heavy atom. The third kappa shape index (κ3) is 4.50. The smallest absolute Gasteiger partial charge is 0.408 e. The molecule has 0 saturated heterocycles. The fourth-order valence-electron chi connectivity index (χ4n) is 6.02. The average Bonchev–Trinajstić information content (AvgIpc) is 2.85. The number of hydrogen-bond donors (Lipinski definition) is 1. The highest BCUT2D eigenvalue weighted by Crippen LogP contribution is 2.50. The SMILES string of the molecule is CON=C1CCCc2nc(-c3ccc(C4(N(C(=O)O)C(C)(C)C)CCC4)cc3)c(-c3ccccc3)cc21. The first kappa shape index (κ1) is 25.0. The average molecular weight is 498 g/mol. The van der Waals surface area contributed by atoms with Crippen molar-refractivity contribution in [1.29, 1.82) is 0 Å². The zero-order valence-electron chi connectivity index (χ0n) is 22.1. The molecule has 1 aromatic heterocycles. The molecule has 0 bridgehead atoms. The first-order chi connectivity index (χ1) is 17.7. The molecule has 1 amide bonds. The van der Waals surface area contributed by atoms with Gasteiger partial charge < -0.3 is 9.94 Å². The molecular formula is C31H35N3O3. The number of carbonyl (C=O) groups is 1. The van der Waals surface area contributed by atoms with Crippen LogP contribution in [0.4, 0.5) is 4.79 Å². The molecule has 0 unspecified atom stereocenters. The van der Waals surface area contributed by atoms with Crippen LogP contribution in [0.3, 0.4) is 0 Å². The van der Waals surface area contributed by atoms with Crippen LogP contribution in [0.5, 0.6) is 0 Å². The Labute approximate surface area is 219 Å². The number of benzene rings is 2. The molecule has 2 aliphatic rings. The summed E-state index contributed by atoms with van der Waals surface area (Å²) in [5.74, 6) is 0. The van der Waals surface area contributed by atoms with Crippen molar-refractivity contribution in [2.45, 2.75) is 70.4 Å². The molecule has 2 aliphatic carbocycles. The molecule has 3 aromatic rings. The van der Waals surface area contributed by atoms with Crippen LogP contribution < -0.4 is 0 Å². The van der Waals surface area contributed by atoms with Gasteiger partial charge in [0, 0.05) is 22.2 Å². The number of nitrogens with zero attached hydrogens (tertiary/aromatic N) is 3. The Hall–Kier alpha value is -3.67. The number of hydrogen-bond acceptors (Lipinski definition) is 4. The Morgan fingerprint density at radius 3 is 2.24 bits per heavy atom. The fourth-order valence-corrected chi connectivity index (χ4v) is 6.02. The van der Waals surface area contributed by atoms with Crippen molar-refractivity contribution in [1.82, 2.24) is 9.88 Å². The van der Waals surface area contributed by atoms with Gasteiger partial charge in [-0.3, -0.25) is 9.88 Å². The van der Waals surface area contributed by atoms with E-state index in [1.165, 1.54) is 0 Å². The summed E-state index contributed by atoms with van der Waals surface area (Å²) in [7, 11) is 1.59. The summed E-state index contributed by atoms with van der Waals surface area (Å²) < 4.78 is 0. The van der Waals surface area contributed by atoms with E-state index in [2.05, 4.69) is 47.6 Å². The highest BCUT2D eigenvalue weighted by Gasteiger charge is 2.50. The molecular weight excluding hydrogens is 462 g/mol. The molecule has 1 N–H and O–H groups in total. The molecule has 0 radical (unpaired) electrons. The van der Waals surface area contributed by atoms with E-state index in [0.717, 1.165) is 83.4 Å². The minimum Gasteiger partial charge on any atom is -0.465 e. The van der Waals surface area contributed by atoms with Gasteiger partial charge in [0.15, 0.2) is 0 Å². The van der Waals surface area contributed by atoms with Crippen LogP contribution in [-0.2, 0) is 16.8 Å². The van der Waals surface area contributed by atoms with Crippen LogP contribution in [-0.4, -0.2) is 39.4 Å². The van der Waals surface area contributed by atoms with Crippen LogP contribution in [0.15, 0.2) is 65.8 Å². The summed E-state index contributed by atoms with van der Waals surface area (Å²) in [5, 5.41) is 14.4. The van der Waals surface area contributed by atoms with E-state index in [0.29, 0.717) is 0 Å². The van der Waals surface area contributed by atoms with Crippen molar-refractivity contribution < 1.29 is 14.7 Å². The van der Waals surface area contributed by atoms with Gasteiger partial charge in [-0.05, 0) is 76.5 Å². The number of oxime groups is 1. The maximum atomic E-state index is 12.4. The maximum Gasteiger partial charge on any atom is 0.408 e. The zero-order valence-corrected chi connectivity index (χ0v) is 22.1. The lowest BCUT2D eigenvalue weighted by molar-refractivity contribution is -0.0328. The summed E-state index contributed by atoms with van der Waals surface area (Å²) in [4.78, 5) is 24.3. The second kappa shape index (κ2) is 9.66. The van der Waals surface area contributed by atoms with E-state index in [4.69, 9.17) is 9.82 Å². The van der Waals surface area contributed by atoms with E-state index < -0.39 is 17.2 Å². The van der Waals surface area contributed by atoms with Gasteiger partial charge in [0.1, 0.15) is 7.11 Å². The Bertz CT molecular complexity index is 1320. The molecule has 0 atom stereocenters. The summed E-state index contributed by atoms with van der Waals surface area (Å²) >= 11 is 0. The van der Waals surface area contributed by atoms with Gasteiger partial charge in [-0.1, -0.05) is 59.8 Å². The van der Waals surface area contributed by atoms with Gasteiger partial charge in [0.05, 0.1) is 22.6 Å². The van der Waals surface area contributed by atoms with Gasteiger partial charge in [-0.2, -0.15) is 0 Å². The predicted octanol–water partition coefficient (Wildman–Crippen LogP) is 7.26. The van der Waals surface area contributed by atoms with Crippen LogP contribution in [0, 0.1) is 0 Å². The summed E-state index contributed by atoms with van der Waals surface area (Å²) in [6.07, 6.45) is 4.60. The van der Waals surface area contributed by atoms with Crippen molar-refractivity contribution in [3.8, 4) is 22.4 Å². The number of pyridine rings is 1. The Morgan fingerprint density at radius 2 is 1.68 bits per heavy atom. The van der Waals surface area contributed by atoms with E-state index in [1.54, 1.807) is 12.0 Å². The highest BCUT2D eigenvalue weighted by molar-refractivity contribution is 6.03.